The summed E-state index contributed by atoms with van der Waals surface area (Å²) in [6.07, 6.45) is 0. The molecule has 58 heavy (non-hydrogen) atoms. The highest BCUT2D eigenvalue weighted by molar-refractivity contribution is 6.14. The summed E-state index contributed by atoms with van der Waals surface area (Å²) in [4.78, 5) is 2.41. The Kier molecular flexibility index (Phi) is 8.19. The molecule has 0 bridgehead atoms. The third-order valence-corrected chi connectivity index (χ3v) is 11.4. The molecule has 0 saturated carbocycles. The molecule has 0 atom stereocenters. The van der Waals surface area contributed by atoms with E-state index < -0.39 is 0 Å². The summed E-state index contributed by atoms with van der Waals surface area (Å²) in [5.41, 5.74) is 12.3. The average molecular weight is 740 g/mol. The molecule has 0 unspecified atom stereocenters. The van der Waals surface area contributed by atoms with Gasteiger partial charge in [0.15, 0.2) is 0 Å². The third kappa shape index (κ3) is 5.91. The lowest BCUT2D eigenvalue weighted by molar-refractivity contribution is 0.631. The quantitative estimate of drug-likeness (QED) is 0.151. The first-order valence-electron chi connectivity index (χ1n) is 19.8. The Hall–Kier alpha value is -7.68. The highest BCUT2D eigenvalue weighted by atomic mass is 16.3. The van der Waals surface area contributed by atoms with Crippen LogP contribution in [0.5, 0.6) is 0 Å². The summed E-state index contributed by atoms with van der Waals surface area (Å²) in [7, 11) is 0. The molecule has 272 valence electrons. The van der Waals surface area contributed by atoms with Gasteiger partial charge in [0, 0.05) is 27.7 Å². The normalized spacial score (nSPS) is 11.4. The first kappa shape index (κ1) is 33.6. The van der Waals surface area contributed by atoms with Crippen molar-refractivity contribution in [1.29, 1.82) is 0 Å². The van der Waals surface area contributed by atoms with Crippen LogP contribution >= 0.6 is 0 Å². The molecule has 0 aliphatic heterocycles. The van der Waals surface area contributed by atoms with Crippen LogP contribution in [-0.4, -0.2) is 0 Å². The number of rotatable bonds is 7. The number of hydrogen-bond donors (Lipinski definition) is 0. The SMILES string of the molecule is c1ccc(-c2cccc(N(c3ccc(-c4cc5ccccc5c5ccccc45)cc3)c3ccc(-c4cccc(-c5cc6ccccc6o5)c4)c4ccccc34)c2)cc1. The zero-order valence-electron chi connectivity index (χ0n) is 31.7. The zero-order valence-corrected chi connectivity index (χ0v) is 31.7. The Morgan fingerprint density at radius 3 is 1.72 bits per heavy atom. The van der Waals surface area contributed by atoms with Crippen LogP contribution in [0.3, 0.4) is 0 Å². The summed E-state index contributed by atoms with van der Waals surface area (Å²) in [5, 5.41) is 8.51. The molecule has 0 aliphatic rings. The van der Waals surface area contributed by atoms with Crippen molar-refractivity contribution in [3.8, 4) is 44.7 Å². The molecule has 0 amide bonds. The molecule has 0 spiro atoms. The molecule has 0 saturated heterocycles. The van der Waals surface area contributed by atoms with Crippen molar-refractivity contribution < 1.29 is 4.42 Å². The van der Waals surface area contributed by atoms with Crippen molar-refractivity contribution in [2.24, 2.45) is 0 Å². The number of anilines is 3. The molecule has 0 N–H and O–H groups in total. The minimum Gasteiger partial charge on any atom is -0.456 e. The van der Waals surface area contributed by atoms with Crippen LogP contribution in [0, 0.1) is 0 Å². The predicted octanol–water partition coefficient (Wildman–Crippen LogP) is 16.0. The molecule has 0 radical (unpaired) electrons. The summed E-state index contributed by atoms with van der Waals surface area (Å²) in [6.45, 7) is 0. The summed E-state index contributed by atoms with van der Waals surface area (Å²) in [5.74, 6) is 0.869. The second-order valence-electron chi connectivity index (χ2n) is 14.9. The van der Waals surface area contributed by atoms with Crippen molar-refractivity contribution in [2.75, 3.05) is 4.90 Å². The largest absolute Gasteiger partial charge is 0.456 e. The predicted molar refractivity (Wildman–Crippen MR) is 245 cm³/mol. The van der Waals surface area contributed by atoms with Crippen molar-refractivity contribution >= 4 is 60.3 Å². The third-order valence-electron chi connectivity index (χ3n) is 11.4. The van der Waals surface area contributed by atoms with Gasteiger partial charge in [-0.25, -0.2) is 0 Å². The monoisotopic (exact) mass is 739 g/mol. The van der Waals surface area contributed by atoms with Crippen molar-refractivity contribution in [3.63, 3.8) is 0 Å². The number of para-hydroxylation sites is 1. The van der Waals surface area contributed by atoms with Crippen molar-refractivity contribution in [1.82, 2.24) is 0 Å². The Morgan fingerprint density at radius 2 is 0.914 bits per heavy atom. The fourth-order valence-corrected chi connectivity index (χ4v) is 8.66. The molecule has 11 aromatic rings. The molecule has 0 aliphatic carbocycles. The van der Waals surface area contributed by atoms with E-state index in [0.717, 1.165) is 44.9 Å². The fraction of sp³-hybridized carbons (Fsp3) is 0. The van der Waals surface area contributed by atoms with Crippen LogP contribution in [-0.2, 0) is 0 Å². The fourth-order valence-electron chi connectivity index (χ4n) is 8.66. The molecule has 11 rings (SSSR count). The Morgan fingerprint density at radius 1 is 0.293 bits per heavy atom. The molecule has 1 heterocycles. The van der Waals surface area contributed by atoms with Gasteiger partial charge in [0.25, 0.3) is 0 Å². The van der Waals surface area contributed by atoms with Gasteiger partial charge in [0.1, 0.15) is 11.3 Å². The van der Waals surface area contributed by atoms with Crippen LogP contribution in [0.25, 0.3) is 88.0 Å². The minimum absolute atomic E-state index is 0.869. The lowest BCUT2D eigenvalue weighted by atomic mass is 9.93. The summed E-state index contributed by atoms with van der Waals surface area (Å²) >= 11 is 0. The van der Waals surface area contributed by atoms with Gasteiger partial charge < -0.3 is 9.32 Å². The standard InChI is InChI=1S/C56H37NO/c1-2-14-38(15-3-1)40-18-13-21-46(35-40)57(45-30-28-39(29-31-45)53-36-42-16-4-6-22-47(42)49-23-7-8-25-51(49)53)54-33-32-48(50-24-9-10-26-52(50)54)41-19-12-20-43(34-41)56-37-44-17-5-11-27-55(44)58-56/h1-37H. The molecule has 10 aromatic carbocycles. The molecule has 1 aromatic heterocycles. The van der Waals surface area contributed by atoms with Crippen LogP contribution in [0.2, 0.25) is 0 Å². The summed E-state index contributed by atoms with van der Waals surface area (Å²) < 4.78 is 6.29. The van der Waals surface area contributed by atoms with E-state index in [1.807, 2.05) is 18.2 Å². The number of hydrogen-bond acceptors (Lipinski definition) is 2. The lowest BCUT2D eigenvalue weighted by Crippen LogP contribution is -2.10. The van der Waals surface area contributed by atoms with Gasteiger partial charge in [-0.1, -0.05) is 170 Å². The topological polar surface area (TPSA) is 16.4 Å². The van der Waals surface area contributed by atoms with Crippen molar-refractivity contribution in [2.45, 2.75) is 0 Å². The van der Waals surface area contributed by atoms with E-state index in [0.29, 0.717) is 0 Å². The van der Waals surface area contributed by atoms with E-state index in [2.05, 4.69) is 211 Å². The van der Waals surface area contributed by atoms with E-state index in [1.54, 1.807) is 0 Å². The first-order chi connectivity index (χ1) is 28.7. The van der Waals surface area contributed by atoms with Gasteiger partial charge in [0.2, 0.25) is 0 Å². The van der Waals surface area contributed by atoms with Gasteiger partial charge in [-0.05, 0) is 115 Å². The maximum Gasteiger partial charge on any atom is 0.135 e. The zero-order chi connectivity index (χ0) is 38.4. The highest BCUT2D eigenvalue weighted by Gasteiger charge is 2.19. The molecule has 0 fully saturated rings. The molecular formula is C56H37NO. The second kappa shape index (κ2) is 14.1. The lowest BCUT2D eigenvalue weighted by Gasteiger charge is -2.28. The number of nitrogens with zero attached hydrogens (tertiary/aromatic N) is 1. The number of benzene rings is 10. The molecule has 2 nitrogen and oxygen atoms in total. The maximum absolute atomic E-state index is 6.29. The van der Waals surface area contributed by atoms with Crippen LogP contribution in [0.4, 0.5) is 17.1 Å². The van der Waals surface area contributed by atoms with E-state index in [1.165, 1.54) is 60.1 Å². The van der Waals surface area contributed by atoms with Crippen LogP contribution < -0.4 is 4.90 Å². The summed E-state index contributed by atoms with van der Waals surface area (Å²) in [6, 6.07) is 80.7. The van der Waals surface area contributed by atoms with E-state index in [4.69, 9.17) is 4.42 Å². The number of fused-ring (bicyclic) bond motifs is 5. The van der Waals surface area contributed by atoms with Gasteiger partial charge in [-0.3, -0.25) is 0 Å². The Labute approximate surface area is 337 Å². The Bertz CT molecular complexity index is 3250. The minimum atomic E-state index is 0.869. The van der Waals surface area contributed by atoms with Crippen molar-refractivity contribution in [3.05, 3.63) is 224 Å². The van der Waals surface area contributed by atoms with E-state index in [-0.39, 0.29) is 0 Å². The first-order valence-corrected chi connectivity index (χ1v) is 19.8. The molecule has 2 heteroatoms. The van der Waals surface area contributed by atoms with E-state index in [9.17, 15) is 0 Å². The highest BCUT2D eigenvalue weighted by Crippen LogP contribution is 2.44. The second-order valence-corrected chi connectivity index (χ2v) is 14.9. The maximum atomic E-state index is 6.29. The van der Waals surface area contributed by atoms with Gasteiger partial charge in [0.05, 0.1) is 5.69 Å². The smallest absolute Gasteiger partial charge is 0.135 e. The van der Waals surface area contributed by atoms with Gasteiger partial charge in [-0.15, -0.1) is 0 Å². The van der Waals surface area contributed by atoms with Crippen LogP contribution in [0.1, 0.15) is 0 Å². The van der Waals surface area contributed by atoms with Crippen LogP contribution in [0.15, 0.2) is 229 Å². The van der Waals surface area contributed by atoms with Gasteiger partial charge >= 0.3 is 0 Å². The average Bonchev–Trinajstić information content (AvgIpc) is 3.75. The molecular weight excluding hydrogens is 703 g/mol. The number of furan rings is 1. The van der Waals surface area contributed by atoms with Gasteiger partial charge in [-0.2, -0.15) is 0 Å². The Balaban J connectivity index is 1.06. The van der Waals surface area contributed by atoms with E-state index >= 15 is 0 Å².